The van der Waals surface area contributed by atoms with Crippen molar-refractivity contribution in [1.29, 1.82) is 0 Å². The second-order valence-electron chi connectivity index (χ2n) is 6.62. The van der Waals surface area contributed by atoms with Gasteiger partial charge in [0.1, 0.15) is 12.4 Å². The first-order chi connectivity index (χ1) is 13.3. The number of amides is 1. The maximum absolute atomic E-state index is 13.0. The van der Waals surface area contributed by atoms with E-state index in [1.165, 1.54) is 34.9 Å². The Morgan fingerprint density at radius 1 is 1.00 bits per heavy atom. The highest BCUT2D eigenvalue weighted by molar-refractivity contribution is 5.90. The van der Waals surface area contributed by atoms with Gasteiger partial charge in [-0.3, -0.25) is 14.2 Å². The summed E-state index contributed by atoms with van der Waals surface area (Å²) in [6.07, 6.45) is 0. The van der Waals surface area contributed by atoms with Crippen molar-refractivity contribution >= 4 is 23.2 Å². The fourth-order valence-corrected chi connectivity index (χ4v) is 2.69. The molecule has 0 bridgehead atoms. The van der Waals surface area contributed by atoms with Gasteiger partial charge in [-0.05, 0) is 68.3 Å². The Bertz CT molecular complexity index is 1070. The quantitative estimate of drug-likeness (QED) is 0.708. The minimum absolute atomic E-state index is 0.226. The van der Waals surface area contributed by atoms with Crippen LogP contribution in [0, 0.1) is 26.6 Å². The van der Waals surface area contributed by atoms with Crippen LogP contribution in [0.5, 0.6) is 0 Å². The SMILES string of the molecule is Cc1cc(=O)n(CC(=O)Nc2ccc(F)cc2)c(Nc2ccc(C)c(C)c2)n1. The molecule has 1 aromatic heterocycles. The van der Waals surface area contributed by atoms with Gasteiger partial charge in [0, 0.05) is 23.1 Å². The molecule has 0 atom stereocenters. The number of aromatic nitrogens is 2. The summed E-state index contributed by atoms with van der Waals surface area (Å²) in [5, 5.41) is 5.77. The molecular weight excluding hydrogens is 359 g/mol. The number of rotatable bonds is 5. The number of nitrogens with zero attached hydrogens (tertiary/aromatic N) is 2. The lowest BCUT2D eigenvalue weighted by atomic mass is 10.1. The molecule has 1 amide bonds. The number of anilines is 3. The van der Waals surface area contributed by atoms with Crippen LogP contribution in [0.25, 0.3) is 0 Å². The molecule has 3 rings (SSSR count). The predicted octanol–water partition coefficient (Wildman–Crippen LogP) is 3.69. The fraction of sp³-hybridized carbons (Fsp3) is 0.190. The number of halogens is 1. The van der Waals surface area contributed by atoms with Crippen molar-refractivity contribution < 1.29 is 9.18 Å². The molecule has 2 N–H and O–H groups in total. The van der Waals surface area contributed by atoms with Crippen LogP contribution in [-0.4, -0.2) is 15.5 Å². The number of benzene rings is 2. The molecule has 6 nitrogen and oxygen atoms in total. The maximum atomic E-state index is 13.0. The predicted molar refractivity (Wildman–Crippen MR) is 107 cm³/mol. The topological polar surface area (TPSA) is 76.0 Å². The zero-order chi connectivity index (χ0) is 20.3. The molecule has 144 valence electrons. The molecule has 0 saturated carbocycles. The molecule has 0 spiro atoms. The first-order valence-electron chi connectivity index (χ1n) is 8.80. The van der Waals surface area contributed by atoms with Gasteiger partial charge >= 0.3 is 0 Å². The summed E-state index contributed by atoms with van der Waals surface area (Å²) >= 11 is 0. The molecule has 7 heteroatoms. The van der Waals surface area contributed by atoms with Gasteiger partial charge in [0.2, 0.25) is 11.9 Å². The van der Waals surface area contributed by atoms with E-state index in [1.807, 2.05) is 32.0 Å². The normalized spacial score (nSPS) is 10.6. The summed E-state index contributed by atoms with van der Waals surface area (Å²) in [6.45, 7) is 5.50. The minimum Gasteiger partial charge on any atom is -0.326 e. The number of hydrogen-bond donors (Lipinski definition) is 2. The Morgan fingerprint density at radius 2 is 1.68 bits per heavy atom. The Labute approximate surface area is 162 Å². The molecule has 3 aromatic rings. The third-order valence-corrected chi connectivity index (χ3v) is 4.33. The highest BCUT2D eigenvalue weighted by atomic mass is 19.1. The summed E-state index contributed by atoms with van der Waals surface area (Å²) in [5.41, 5.74) is 3.68. The van der Waals surface area contributed by atoms with Gasteiger partial charge in [0.05, 0.1) is 0 Å². The molecule has 0 fully saturated rings. The molecule has 1 heterocycles. The lowest BCUT2D eigenvalue weighted by Crippen LogP contribution is -2.30. The van der Waals surface area contributed by atoms with Crippen molar-refractivity contribution in [3.8, 4) is 0 Å². The van der Waals surface area contributed by atoms with Crippen molar-refractivity contribution in [2.45, 2.75) is 27.3 Å². The number of carbonyl (C=O) groups excluding carboxylic acids is 1. The van der Waals surface area contributed by atoms with Crippen LogP contribution in [0.1, 0.15) is 16.8 Å². The second kappa shape index (κ2) is 8.04. The number of carbonyl (C=O) groups is 1. The van der Waals surface area contributed by atoms with Crippen LogP contribution in [0.3, 0.4) is 0 Å². The van der Waals surface area contributed by atoms with E-state index in [2.05, 4.69) is 15.6 Å². The molecular formula is C21H21FN4O2. The highest BCUT2D eigenvalue weighted by Crippen LogP contribution is 2.18. The van der Waals surface area contributed by atoms with Crippen LogP contribution in [0.15, 0.2) is 53.3 Å². The molecule has 0 saturated heterocycles. The summed E-state index contributed by atoms with van der Waals surface area (Å²) in [6, 6.07) is 12.6. The average molecular weight is 380 g/mol. The third-order valence-electron chi connectivity index (χ3n) is 4.33. The van der Waals surface area contributed by atoms with Gasteiger partial charge in [0.15, 0.2) is 0 Å². The number of nitrogens with one attached hydrogen (secondary N) is 2. The Morgan fingerprint density at radius 3 is 2.36 bits per heavy atom. The Kier molecular flexibility index (Phi) is 5.54. The second-order valence-corrected chi connectivity index (χ2v) is 6.62. The van der Waals surface area contributed by atoms with Crippen LogP contribution >= 0.6 is 0 Å². The first kappa shape index (κ1) is 19.3. The van der Waals surface area contributed by atoms with Gasteiger partial charge < -0.3 is 10.6 Å². The van der Waals surface area contributed by atoms with Gasteiger partial charge in [-0.2, -0.15) is 0 Å². The van der Waals surface area contributed by atoms with E-state index in [-0.39, 0.29) is 18.1 Å². The monoisotopic (exact) mass is 380 g/mol. The molecule has 28 heavy (non-hydrogen) atoms. The van der Waals surface area contributed by atoms with Crippen LogP contribution < -0.4 is 16.2 Å². The first-order valence-corrected chi connectivity index (χ1v) is 8.80. The van der Waals surface area contributed by atoms with E-state index in [0.717, 1.165) is 16.8 Å². The van der Waals surface area contributed by atoms with Crippen molar-refractivity contribution in [3.63, 3.8) is 0 Å². The van der Waals surface area contributed by atoms with Gasteiger partial charge in [0.25, 0.3) is 5.56 Å². The molecule has 0 unspecified atom stereocenters. The largest absolute Gasteiger partial charge is 0.326 e. The van der Waals surface area contributed by atoms with Crippen molar-refractivity contribution in [2.75, 3.05) is 10.6 Å². The van der Waals surface area contributed by atoms with E-state index in [9.17, 15) is 14.0 Å². The third kappa shape index (κ3) is 4.62. The van der Waals surface area contributed by atoms with E-state index >= 15 is 0 Å². The summed E-state index contributed by atoms with van der Waals surface area (Å²) in [5.74, 6) is -0.526. The number of aryl methyl sites for hydroxylation is 3. The van der Waals surface area contributed by atoms with Crippen molar-refractivity contribution in [2.24, 2.45) is 0 Å². The highest BCUT2D eigenvalue weighted by Gasteiger charge is 2.12. The Hall–Kier alpha value is -3.48. The molecule has 0 aliphatic heterocycles. The zero-order valence-electron chi connectivity index (χ0n) is 15.9. The standard InChI is InChI=1S/C21H21FN4O2/c1-13-4-7-18(10-14(13)2)25-21-23-15(3)11-20(28)26(21)12-19(27)24-17-8-5-16(22)6-9-17/h4-11H,12H2,1-3H3,(H,23,25)(H,24,27). The van der Waals surface area contributed by atoms with Crippen molar-refractivity contribution in [3.05, 3.63) is 81.5 Å². The van der Waals surface area contributed by atoms with Crippen molar-refractivity contribution in [1.82, 2.24) is 9.55 Å². The van der Waals surface area contributed by atoms with E-state index < -0.39 is 11.7 Å². The lowest BCUT2D eigenvalue weighted by Gasteiger charge is -2.15. The summed E-state index contributed by atoms with van der Waals surface area (Å²) in [7, 11) is 0. The maximum Gasteiger partial charge on any atom is 0.255 e. The molecule has 2 aromatic carbocycles. The summed E-state index contributed by atoms with van der Waals surface area (Å²) in [4.78, 5) is 29.2. The zero-order valence-corrected chi connectivity index (χ0v) is 15.9. The van der Waals surface area contributed by atoms with Gasteiger partial charge in [-0.25, -0.2) is 9.37 Å². The van der Waals surface area contributed by atoms with E-state index in [0.29, 0.717) is 11.4 Å². The smallest absolute Gasteiger partial charge is 0.255 e. The molecule has 0 radical (unpaired) electrons. The lowest BCUT2D eigenvalue weighted by molar-refractivity contribution is -0.116. The van der Waals surface area contributed by atoms with E-state index in [1.54, 1.807) is 6.92 Å². The molecule has 0 aliphatic carbocycles. The minimum atomic E-state index is -0.414. The average Bonchev–Trinajstić information content (AvgIpc) is 2.63. The van der Waals surface area contributed by atoms with Crippen LogP contribution in [0.4, 0.5) is 21.7 Å². The number of hydrogen-bond acceptors (Lipinski definition) is 4. The Balaban J connectivity index is 1.85. The van der Waals surface area contributed by atoms with Crippen LogP contribution in [-0.2, 0) is 11.3 Å². The van der Waals surface area contributed by atoms with Gasteiger partial charge in [-0.15, -0.1) is 0 Å². The summed E-state index contributed by atoms with van der Waals surface area (Å²) < 4.78 is 14.3. The fourth-order valence-electron chi connectivity index (χ4n) is 2.69. The van der Waals surface area contributed by atoms with Gasteiger partial charge in [-0.1, -0.05) is 6.07 Å². The van der Waals surface area contributed by atoms with Crippen LogP contribution in [0.2, 0.25) is 0 Å². The van der Waals surface area contributed by atoms with E-state index in [4.69, 9.17) is 0 Å². The molecule has 0 aliphatic rings.